The van der Waals surface area contributed by atoms with Crippen LogP contribution >= 0.6 is 11.3 Å². The highest BCUT2D eigenvalue weighted by Crippen LogP contribution is 2.33. The van der Waals surface area contributed by atoms with E-state index in [0.29, 0.717) is 17.1 Å². The third-order valence-corrected chi connectivity index (χ3v) is 5.95. The highest BCUT2D eigenvalue weighted by atomic mass is 32.1. The van der Waals surface area contributed by atoms with Crippen molar-refractivity contribution in [1.29, 1.82) is 0 Å². The molecule has 1 aliphatic heterocycles. The second-order valence-electron chi connectivity index (χ2n) is 7.04. The Bertz CT molecular complexity index is 856. The van der Waals surface area contributed by atoms with Crippen LogP contribution in [0.1, 0.15) is 54.1 Å². The molecule has 0 saturated heterocycles. The van der Waals surface area contributed by atoms with Crippen LogP contribution in [0.5, 0.6) is 0 Å². The van der Waals surface area contributed by atoms with E-state index in [2.05, 4.69) is 15.3 Å². The molecule has 1 aliphatic rings. The number of aliphatic hydroxyl groups is 1. The number of aryl methyl sites for hydroxylation is 2. The molecule has 0 radical (unpaired) electrons. The van der Waals surface area contributed by atoms with Crippen LogP contribution in [-0.2, 0) is 4.79 Å². The summed E-state index contributed by atoms with van der Waals surface area (Å²) in [6.45, 7) is 9.68. The van der Waals surface area contributed by atoms with E-state index in [4.69, 9.17) is 0 Å². The maximum atomic E-state index is 12.4. The topological polar surface area (TPSA) is 74.6 Å². The van der Waals surface area contributed by atoms with Gasteiger partial charge in [0.1, 0.15) is 17.3 Å². The number of aliphatic imine (C=N–C) groups is 1. The Morgan fingerprint density at radius 3 is 2.60 bits per heavy atom. The summed E-state index contributed by atoms with van der Waals surface area (Å²) in [6.07, 6.45) is 0.930. The number of thiophene rings is 1. The Morgan fingerprint density at radius 1 is 1.32 bits per heavy atom. The Kier molecular flexibility index (Phi) is 4.51. The number of hydrogen-bond donors (Lipinski definition) is 2. The molecule has 2 aromatic rings. The molecule has 6 heteroatoms. The predicted molar refractivity (Wildman–Crippen MR) is 100 cm³/mol. The van der Waals surface area contributed by atoms with Gasteiger partial charge in [0.15, 0.2) is 5.84 Å². The van der Waals surface area contributed by atoms with Gasteiger partial charge in [-0.3, -0.25) is 9.78 Å². The number of amidine groups is 1. The number of nitrogens with one attached hydrogen (secondary N) is 1. The molecule has 25 heavy (non-hydrogen) atoms. The molecule has 0 spiro atoms. The summed E-state index contributed by atoms with van der Waals surface area (Å²) in [5.41, 5.74) is 2.36. The third-order valence-electron chi connectivity index (χ3n) is 4.88. The lowest BCUT2D eigenvalue weighted by atomic mass is 9.89. The molecule has 3 rings (SSSR count). The lowest BCUT2D eigenvalue weighted by Crippen LogP contribution is -2.41. The molecule has 2 unspecified atom stereocenters. The largest absolute Gasteiger partial charge is 0.383 e. The quantitative estimate of drug-likeness (QED) is 0.883. The first kappa shape index (κ1) is 17.8. The zero-order valence-corrected chi connectivity index (χ0v) is 15.9. The standard InChI is InChI=1S/C19H23N3O2S/c1-10(2)19(5)18(24)21-17(22-19)14-13(8-11(3)9-20-14)15(23)16-12(4)6-7-25-16/h6-10,15,23H,1-5H3,(H,21,22,24). The predicted octanol–water partition coefficient (Wildman–Crippen LogP) is 3.13. The summed E-state index contributed by atoms with van der Waals surface area (Å²) < 4.78 is 0. The number of amides is 1. The van der Waals surface area contributed by atoms with E-state index in [-0.39, 0.29) is 11.8 Å². The first-order valence-electron chi connectivity index (χ1n) is 8.34. The van der Waals surface area contributed by atoms with E-state index in [1.807, 2.05) is 52.1 Å². The SMILES string of the molecule is Cc1cnc(C2=NC(C)(C(C)C)C(=O)N2)c(C(O)c2sccc2C)c1. The molecule has 0 aliphatic carbocycles. The minimum absolute atomic E-state index is 0.0587. The van der Waals surface area contributed by atoms with E-state index in [1.54, 1.807) is 6.20 Å². The van der Waals surface area contributed by atoms with Crippen molar-refractivity contribution >= 4 is 23.1 Å². The third kappa shape index (κ3) is 3.00. The first-order valence-corrected chi connectivity index (χ1v) is 9.22. The Hall–Kier alpha value is -2.05. The van der Waals surface area contributed by atoms with Crippen LogP contribution in [0.4, 0.5) is 0 Å². The highest BCUT2D eigenvalue weighted by molar-refractivity contribution is 7.10. The summed E-state index contributed by atoms with van der Waals surface area (Å²) in [7, 11) is 0. The number of carbonyl (C=O) groups excluding carboxylic acids is 1. The first-order chi connectivity index (χ1) is 11.7. The van der Waals surface area contributed by atoms with Gasteiger partial charge in [-0.25, -0.2) is 4.99 Å². The summed E-state index contributed by atoms with van der Waals surface area (Å²) >= 11 is 1.51. The van der Waals surface area contributed by atoms with E-state index in [0.717, 1.165) is 16.0 Å². The van der Waals surface area contributed by atoms with Gasteiger partial charge in [-0.05, 0) is 55.3 Å². The van der Waals surface area contributed by atoms with Crippen molar-refractivity contribution in [2.75, 3.05) is 0 Å². The summed E-state index contributed by atoms with van der Waals surface area (Å²) in [4.78, 5) is 22.4. The van der Waals surface area contributed by atoms with Crippen LogP contribution in [0, 0.1) is 19.8 Å². The zero-order valence-electron chi connectivity index (χ0n) is 15.1. The molecule has 132 valence electrons. The molecule has 0 bridgehead atoms. The van der Waals surface area contributed by atoms with E-state index in [1.165, 1.54) is 11.3 Å². The molecule has 0 saturated carbocycles. The van der Waals surface area contributed by atoms with Gasteiger partial charge in [0, 0.05) is 16.6 Å². The molecule has 2 atom stereocenters. The molecular formula is C19H23N3O2S. The zero-order chi connectivity index (χ0) is 18.4. The average molecular weight is 357 g/mol. The van der Waals surface area contributed by atoms with Gasteiger partial charge in [0.05, 0.1) is 0 Å². The fourth-order valence-corrected chi connectivity index (χ4v) is 3.78. The van der Waals surface area contributed by atoms with Crippen molar-refractivity contribution < 1.29 is 9.90 Å². The summed E-state index contributed by atoms with van der Waals surface area (Å²) in [5, 5.41) is 15.8. The number of nitrogens with zero attached hydrogens (tertiary/aromatic N) is 2. The monoisotopic (exact) mass is 357 g/mol. The van der Waals surface area contributed by atoms with Crippen molar-refractivity contribution in [2.45, 2.75) is 46.3 Å². The number of carbonyl (C=O) groups is 1. The van der Waals surface area contributed by atoms with Gasteiger partial charge in [-0.2, -0.15) is 0 Å². The number of pyridine rings is 1. The normalized spacial score (nSPS) is 21.4. The second kappa shape index (κ2) is 6.35. The lowest BCUT2D eigenvalue weighted by molar-refractivity contribution is -0.124. The smallest absolute Gasteiger partial charge is 0.253 e. The van der Waals surface area contributed by atoms with Crippen LogP contribution in [0.25, 0.3) is 0 Å². The molecular weight excluding hydrogens is 334 g/mol. The van der Waals surface area contributed by atoms with Crippen LogP contribution in [0.3, 0.4) is 0 Å². The van der Waals surface area contributed by atoms with E-state index in [9.17, 15) is 9.90 Å². The van der Waals surface area contributed by atoms with E-state index < -0.39 is 11.6 Å². The fraction of sp³-hybridized carbons (Fsp3) is 0.421. The van der Waals surface area contributed by atoms with Crippen LogP contribution in [0.15, 0.2) is 28.7 Å². The second-order valence-corrected chi connectivity index (χ2v) is 7.99. The van der Waals surface area contributed by atoms with Gasteiger partial charge >= 0.3 is 0 Å². The van der Waals surface area contributed by atoms with Crippen molar-refractivity contribution in [3.8, 4) is 0 Å². The Labute approximate surface area is 151 Å². The lowest BCUT2D eigenvalue weighted by Gasteiger charge is -2.21. The maximum Gasteiger partial charge on any atom is 0.253 e. The van der Waals surface area contributed by atoms with Gasteiger partial charge in [0.2, 0.25) is 0 Å². The van der Waals surface area contributed by atoms with Crippen molar-refractivity contribution in [3.63, 3.8) is 0 Å². The molecule has 2 aromatic heterocycles. The molecule has 1 amide bonds. The van der Waals surface area contributed by atoms with E-state index >= 15 is 0 Å². The highest BCUT2D eigenvalue weighted by Gasteiger charge is 2.43. The fourth-order valence-electron chi connectivity index (χ4n) is 2.85. The van der Waals surface area contributed by atoms with Gasteiger partial charge in [-0.1, -0.05) is 13.8 Å². The van der Waals surface area contributed by atoms with Gasteiger partial charge < -0.3 is 10.4 Å². The number of aliphatic hydroxyl groups excluding tert-OH is 1. The molecule has 2 N–H and O–H groups in total. The van der Waals surface area contributed by atoms with Crippen LogP contribution in [-0.4, -0.2) is 27.4 Å². The Balaban J connectivity index is 2.10. The number of hydrogen-bond acceptors (Lipinski definition) is 5. The van der Waals surface area contributed by atoms with Crippen molar-refractivity contribution in [1.82, 2.24) is 10.3 Å². The maximum absolute atomic E-state index is 12.4. The van der Waals surface area contributed by atoms with Gasteiger partial charge in [0.25, 0.3) is 5.91 Å². The summed E-state index contributed by atoms with van der Waals surface area (Å²) in [5.74, 6) is 0.362. The molecule has 5 nitrogen and oxygen atoms in total. The average Bonchev–Trinajstić information content (AvgIpc) is 3.11. The Morgan fingerprint density at radius 2 is 2.04 bits per heavy atom. The minimum atomic E-state index is -0.816. The summed E-state index contributed by atoms with van der Waals surface area (Å²) in [6, 6.07) is 3.89. The molecule has 0 fully saturated rings. The van der Waals surface area contributed by atoms with Crippen LogP contribution < -0.4 is 5.32 Å². The number of aromatic nitrogens is 1. The van der Waals surface area contributed by atoms with Crippen LogP contribution in [0.2, 0.25) is 0 Å². The molecule has 0 aromatic carbocycles. The minimum Gasteiger partial charge on any atom is -0.383 e. The van der Waals surface area contributed by atoms with Gasteiger partial charge in [-0.15, -0.1) is 11.3 Å². The van der Waals surface area contributed by atoms with Crippen molar-refractivity contribution in [2.24, 2.45) is 10.9 Å². The van der Waals surface area contributed by atoms with Crippen molar-refractivity contribution in [3.05, 3.63) is 51.0 Å². The number of rotatable bonds is 4. The molecule has 3 heterocycles.